The van der Waals surface area contributed by atoms with E-state index in [9.17, 15) is 18.8 Å². The zero-order chi connectivity index (χ0) is 23.5. The van der Waals surface area contributed by atoms with E-state index in [1.54, 1.807) is 30.1 Å². The lowest BCUT2D eigenvalue weighted by Crippen LogP contribution is -2.40. The van der Waals surface area contributed by atoms with Crippen LogP contribution in [-0.2, 0) is 32.7 Å². The van der Waals surface area contributed by atoms with Crippen molar-refractivity contribution in [3.05, 3.63) is 42.6 Å². The summed E-state index contributed by atoms with van der Waals surface area (Å²) in [6.07, 6.45) is 4.62. The first-order chi connectivity index (χ1) is 15.9. The largest absolute Gasteiger partial charge is 0.468 e. The van der Waals surface area contributed by atoms with E-state index < -0.39 is 23.6 Å². The summed E-state index contributed by atoms with van der Waals surface area (Å²) in [5.74, 6) is -2.04. The molecule has 0 saturated carbocycles. The van der Waals surface area contributed by atoms with E-state index in [4.69, 9.17) is 0 Å². The Hall–Kier alpha value is -4.35. The summed E-state index contributed by atoms with van der Waals surface area (Å²) in [7, 11) is 2.97. The minimum absolute atomic E-state index is 0.166. The lowest BCUT2D eigenvalue weighted by Gasteiger charge is -2.08. The van der Waals surface area contributed by atoms with Gasteiger partial charge in [0.2, 0.25) is 11.8 Å². The van der Waals surface area contributed by atoms with Gasteiger partial charge in [0.15, 0.2) is 0 Å². The topological polar surface area (TPSA) is 133 Å². The Balaban J connectivity index is 1.52. The second kappa shape index (κ2) is 9.02. The predicted octanol–water partition coefficient (Wildman–Crippen LogP) is 0.530. The van der Waals surface area contributed by atoms with E-state index in [2.05, 4.69) is 30.6 Å². The van der Waals surface area contributed by atoms with Crippen LogP contribution >= 0.6 is 0 Å². The highest BCUT2D eigenvalue weighted by molar-refractivity contribution is 5.95. The number of nitrogens with zero attached hydrogens (tertiary/aromatic N) is 5. The normalized spacial score (nSPS) is 11.0. The number of esters is 1. The molecule has 0 aliphatic rings. The van der Waals surface area contributed by atoms with Gasteiger partial charge in [-0.15, -0.1) is 0 Å². The summed E-state index contributed by atoms with van der Waals surface area (Å²) in [4.78, 5) is 39.4. The number of ether oxygens (including phenoxy) is 1. The number of methoxy groups -OCH3 is 1. The number of fused-ring (bicyclic) bond motifs is 2. The number of aromatic nitrogens is 5. The first-order valence-corrected chi connectivity index (χ1v) is 9.89. The second-order valence-corrected chi connectivity index (χ2v) is 7.18. The summed E-state index contributed by atoms with van der Waals surface area (Å²) in [5.41, 5.74) is 2.02. The first-order valence-electron chi connectivity index (χ1n) is 9.89. The van der Waals surface area contributed by atoms with Crippen LogP contribution < -0.4 is 10.6 Å². The predicted molar refractivity (Wildman–Crippen MR) is 115 cm³/mol. The molecule has 0 saturated heterocycles. The molecule has 0 spiro atoms. The van der Waals surface area contributed by atoms with Gasteiger partial charge in [-0.25, -0.2) is 4.39 Å². The van der Waals surface area contributed by atoms with Crippen molar-refractivity contribution in [2.75, 3.05) is 20.2 Å². The Kier molecular flexibility index (Phi) is 5.98. The van der Waals surface area contributed by atoms with Gasteiger partial charge >= 0.3 is 5.97 Å². The smallest absolute Gasteiger partial charge is 0.325 e. The maximum absolute atomic E-state index is 14.8. The third-order valence-corrected chi connectivity index (χ3v) is 5.06. The number of carbonyl (C=O) groups is 3. The van der Waals surface area contributed by atoms with Crippen molar-refractivity contribution in [2.45, 2.75) is 6.54 Å². The van der Waals surface area contributed by atoms with Crippen LogP contribution in [0.5, 0.6) is 0 Å². The van der Waals surface area contributed by atoms with E-state index in [1.165, 1.54) is 30.3 Å². The molecule has 0 unspecified atom stereocenters. The van der Waals surface area contributed by atoms with Gasteiger partial charge in [-0.2, -0.15) is 10.2 Å². The molecule has 4 rings (SSSR count). The number of hydrogen-bond acceptors (Lipinski definition) is 7. The number of hydrogen-bond donors (Lipinski definition) is 2. The van der Waals surface area contributed by atoms with Crippen molar-refractivity contribution in [3.8, 4) is 11.3 Å². The van der Waals surface area contributed by atoms with Crippen molar-refractivity contribution < 1.29 is 23.5 Å². The van der Waals surface area contributed by atoms with Crippen LogP contribution in [-0.4, -0.2) is 62.5 Å². The maximum atomic E-state index is 14.8. The Labute approximate surface area is 186 Å². The highest BCUT2D eigenvalue weighted by Crippen LogP contribution is 2.31. The maximum Gasteiger partial charge on any atom is 0.325 e. The van der Waals surface area contributed by atoms with Gasteiger partial charge in [-0.05, 0) is 18.2 Å². The quantitative estimate of drug-likeness (QED) is 0.390. The molecule has 11 nitrogen and oxygen atoms in total. The highest BCUT2D eigenvalue weighted by atomic mass is 19.1. The highest BCUT2D eigenvalue weighted by Gasteiger charge is 2.17. The Bertz CT molecular complexity index is 1380. The number of benzene rings is 1. The molecule has 0 aliphatic heterocycles. The summed E-state index contributed by atoms with van der Waals surface area (Å²) in [6, 6.07) is 4.75. The average Bonchev–Trinajstić information content (AvgIpc) is 3.38. The van der Waals surface area contributed by atoms with Crippen molar-refractivity contribution in [1.82, 2.24) is 35.2 Å². The molecule has 2 N–H and O–H groups in total. The lowest BCUT2D eigenvalue weighted by molar-refractivity contribution is -0.141. The average molecular weight is 453 g/mol. The molecule has 0 fully saturated rings. The van der Waals surface area contributed by atoms with Gasteiger partial charge in [0.25, 0.3) is 0 Å². The molecule has 0 bridgehead atoms. The Morgan fingerprint density at radius 3 is 2.64 bits per heavy atom. The molecule has 4 aromatic rings. The number of rotatable bonds is 7. The molecule has 0 atom stereocenters. The fraction of sp³-hybridized carbons (Fsp3) is 0.238. The van der Waals surface area contributed by atoms with Crippen molar-refractivity contribution in [2.24, 2.45) is 7.05 Å². The van der Waals surface area contributed by atoms with Crippen LogP contribution in [0.25, 0.3) is 33.1 Å². The first kappa shape index (κ1) is 21.9. The van der Waals surface area contributed by atoms with Crippen LogP contribution in [0.1, 0.15) is 0 Å². The number of pyridine rings is 1. The van der Waals surface area contributed by atoms with E-state index >= 15 is 0 Å². The molecular weight excluding hydrogens is 433 g/mol. The van der Waals surface area contributed by atoms with E-state index in [0.717, 1.165) is 5.52 Å². The zero-order valence-electron chi connectivity index (χ0n) is 17.8. The minimum atomic E-state index is -0.596. The van der Waals surface area contributed by atoms with Crippen LogP contribution in [0.2, 0.25) is 0 Å². The van der Waals surface area contributed by atoms with Gasteiger partial charge < -0.3 is 15.4 Å². The fourth-order valence-electron chi connectivity index (χ4n) is 3.38. The summed E-state index contributed by atoms with van der Waals surface area (Å²) in [5, 5.41) is 14.4. The number of nitrogens with one attached hydrogen (secondary N) is 2. The Morgan fingerprint density at radius 1 is 1.06 bits per heavy atom. The van der Waals surface area contributed by atoms with Crippen molar-refractivity contribution in [3.63, 3.8) is 0 Å². The van der Waals surface area contributed by atoms with Crippen LogP contribution in [0.4, 0.5) is 4.39 Å². The minimum Gasteiger partial charge on any atom is -0.468 e. The van der Waals surface area contributed by atoms with Crippen LogP contribution in [0.3, 0.4) is 0 Å². The van der Waals surface area contributed by atoms with Gasteiger partial charge in [0.05, 0.1) is 42.8 Å². The fourth-order valence-corrected chi connectivity index (χ4v) is 3.38. The van der Waals surface area contributed by atoms with Gasteiger partial charge in [-0.1, -0.05) is 0 Å². The monoisotopic (exact) mass is 453 g/mol. The molecular formula is C21H20FN7O4. The summed E-state index contributed by atoms with van der Waals surface area (Å²) >= 11 is 0. The molecule has 1 aromatic carbocycles. The van der Waals surface area contributed by atoms with E-state index in [0.29, 0.717) is 27.5 Å². The van der Waals surface area contributed by atoms with E-state index in [1.807, 2.05) is 0 Å². The third kappa shape index (κ3) is 4.49. The second-order valence-electron chi connectivity index (χ2n) is 7.18. The third-order valence-electron chi connectivity index (χ3n) is 5.06. The number of aryl methyl sites for hydroxylation is 1. The molecule has 12 heteroatoms. The zero-order valence-corrected chi connectivity index (χ0v) is 17.8. The molecule has 3 heterocycles. The van der Waals surface area contributed by atoms with E-state index in [-0.39, 0.29) is 19.6 Å². The SMILES string of the molecule is COC(=O)CNC(=O)CNC(=O)Cn1ncc2c(-c3cc4c(cnn4C)cc3F)nccc21. The van der Waals surface area contributed by atoms with Crippen LogP contribution in [0.15, 0.2) is 36.8 Å². The molecule has 2 amide bonds. The van der Waals surface area contributed by atoms with Gasteiger partial charge in [-0.3, -0.25) is 28.7 Å². The molecule has 170 valence electrons. The van der Waals surface area contributed by atoms with Gasteiger partial charge in [0.1, 0.15) is 18.9 Å². The standard InChI is InChI=1S/C21H20FN7O4/c1-28-17-6-13(15(22)5-12(17)7-26-28)21-14-8-27-29(16(14)3-4-23-21)11-19(31)24-9-18(30)25-10-20(32)33-2/h3-8H,9-11H2,1-2H3,(H,24,31)(H,25,30). The molecule has 33 heavy (non-hydrogen) atoms. The Morgan fingerprint density at radius 2 is 1.85 bits per heavy atom. The van der Waals surface area contributed by atoms with Gasteiger partial charge in [0, 0.05) is 29.6 Å². The van der Waals surface area contributed by atoms with Crippen molar-refractivity contribution in [1.29, 1.82) is 0 Å². The number of halogens is 1. The molecule has 0 radical (unpaired) electrons. The summed E-state index contributed by atoms with van der Waals surface area (Å²) in [6.45, 7) is -0.760. The number of carbonyl (C=O) groups excluding carboxylic acids is 3. The van der Waals surface area contributed by atoms with Crippen molar-refractivity contribution >= 4 is 39.6 Å². The molecule has 3 aromatic heterocycles. The summed E-state index contributed by atoms with van der Waals surface area (Å²) < 4.78 is 22.3. The lowest BCUT2D eigenvalue weighted by atomic mass is 10.1. The van der Waals surface area contributed by atoms with Crippen LogP contribution in [0, 0.1) is 5.82 Å². The molecule has 0 aliphatic carbocycles. The number of amides is 2.